The molecule has 0 saturated carbocycles. The SMILES string of the molecule is Cc1noc(C)c1C(=O)NCc1cnc([C@]2(C)CCCCO2)nc1. The van der Waals surface area contributed by atoms with Crippen LogP contribution in [0.2, 0.25) is 0 Å². The summed E-state index contributed by atoms with van der Waals surface area (Å²) >= 11 is 0. The smallest absolute Gasteiger partial charge is 0.257 e. The van der Waals surface area contributed by atoms with Crippen molar-refractivity contribution in [3.8, 4) is 0 Å². The van der Waals surface area contributed by atoms with Gasteiger partial charge in [0.15, 0.2) is 5.82 Å². The summed E-state index contributed by atoms with van der Waals surface area (Å²) in [6.45, 7) is 6.59. The fourth-order valence-corrected chi connectivity index (χ4v) is 2.91. The number of hydrogen-bond donors (Lipinski definition) is 1. The number of carbonyl (C=O) groups is 1. The van der Waals surface area contributed by atoms with Gasteiger partial charge in [0.25, 0.3) is 5.91 Å². The van der Waals surface area contributed by atoms with Crippen molar-refractivity contribution in [1.29, 1.82) is 0 Å². The van der Waals surface area contributed by atoms with E-state index in [0.29, 0.717) is 29.4 Å². The highest BCUT2D eigenvalue weighted by Crippen LogP contribution is 2.32. The molecule has 1 aliphatic heterocycles. The zero-order valence-electron chi connectivity index (χ0n) is 14.3. The van der Waals surface area contributed by atoms with Crippen molar-refractivity contribution >= 4 is 5.91 Å². The molecule has 1 aliphatic rings. The summed E-state index contributed by atoms with van der Waals surface area (Å²) in [7, 11) is 0. The van der Waals surface area contributed by atoms with Gasteiger partial charge >= 0.3 is 0 Å². The maximum atomic E-state index is 12.2. The Hall–Kier alpha value is -2.28. The van der Waals surface area contributed by atoms with Gasteiger partial charge in [-0.25, -0.2) is 9.97 Å². The Bertz CT molecular complexity index is 698. The minimum atomic E-state index is -0.406. The molecule has 0 aromatic carbocycles. The zero-order valence-corrected chi connectivity index (χ0v) is 14.3. The fourth-order valence-electron chi connectivity index (χ4n) is 2.91. The summed E-state index contributed by atoms with van der Waals surface area (Å²) in [6.07, 6.45) is 6.60. The van der Waals surface area contributed by atoms with Crippen LogP contribution in [-0.4, -0.2) is 27.6 Å². The van der Waals surface area contributed by atoms with E-state index in [4.69, 9.17) is 9.26 Å². The van der Waals surface area contributed by atoms with Gasteiger partial charge < -0.3 is 14.6 Å². The first-order valence-corrected chi connectivity index (χ1v) is 8.16. The van der Waals surface area contributed by atoms with Crippen LogP contribution in [0.3, 0.4) is 0 Å². The Kier molecular flexibility index (Phi) is 4.62. The minimum absolute atomic E-state index is 0.210. The summed E-state index contributed by atoms with van der Waals surface area (Å²) in [5.74, 6) is 1.000. The highest BCUT2D eigenvalue weighted by molar-refractivity contribution is 5.95. The first-order valence-electron chi connectivity index (χ1n) is 8.16. The minimum Gasteiger partial charge on any atom is -0.367 e. The predicted molar refractivity (Wildman–Crippen MR) is 86.3 cm³/mol. The molecule has 0 radical (unpaired) electrons. The van der Waals surface area contributed by atoms with Crippen LogP contribution in [0.5, 0.6) is 0 Å². The number of rotatable bonds is 4. The molecule has 1 amide bonds. The number of carbonyl (C=O) groups excluding carboxylic acids is 1. The predicted octanol–water partition coefficient (Wildman–Crippen LogP) is 2.43. The van der Waals surface area contributed by atoms with Crippen molar-refractivity contribution < 1.29 is 14.1 Å². The number of aryl methyl sites for hydroxylation is 2. The van der Waals surface area contributed by atoms with E-state index in [2.05, 4.69) is 20.4 Å². The number of ether oxygens (including phenoxy) is 1. The second kappa shape index (κ2) is 6.68. The highest BCUT2D eigenvalue weighted by atomic mass is 16.5. The van der Waals surface area contributed by atoms with E-state index in [1.165, 1.54) is 0 Å². The molecule has 7 nitrogen and oxygen atoms in total. The largest absolute Gasteiger partial charge is 0.367 e. The topological polar surface area (TPSA) is 90.1 Å². The first-order chi connectivity index (χ1) is 11.5. The number of hydrogen-bond acceptors (Lipinski definition) is 6. The third-order valence-electron chi connectivity index (χ3n) is 4.36. The van der Waals surface area contributed by atoms with E-state index in [9.17, 15) is 4.79 Å². The Labute approximate surface area is 140 Å². The van der Waals surface area contributed by atoms with Crippen LogP contribution >= 0.6 is 0 Å². The zero-order chi connectivity index (χ0) is 17.2. The Morgan fingerprint density at radius 2 is 2.04 bits per heavy atom. The van der Waals surface area contributed by atoms with Crippen LogP contribution < -0.4 is 5.32 Å². The molecule has 0 spiro atoms. The van der Waals surface area contributed by atoms with E-state index in [1.54, 1.807) is 26.2 Å². The van der Waals surface area contributed by atoms with Crippen molar-refractivity contribution in [2.24, 2.45) is 0 Å². The summed E-state index contributed by atoms with van der Waals surface area (Å²) in [4.78, 5) is 21.1. The Morgan fingerprint density at radius 3 is 2.62 bits per heavy atom. The molecule has 0 aliphatic carbocycles. The van der Waals surface area contributed by atoms with Crippen LogP contribution in [0.15, 0.2) is 16.9 Å². The standard InChI is InChI=1S/C17H22N4O3/c1-11-14(12(2)24-21-11)15(22)18-8-13-9-19-16(20-10-13)17(3)6-4-5-7-23-17/h9-10H,4-8H2,1-3H3,(H,18,22)/t17-/m0/s1. The van der Waals surface area contributed by atoms with Gasteiger partial charge in [-0.2, -0.15) is 0 Å². The number of amides is 1. The van der Waals surface area contributed by atoms with Crippen molar-refractivity contribution in [3.05, 3.63) is 40.8 Å². The molecule has 1 N–H and O–H groups in total. The van der Waals surface area contributed by atoms with Crippen LogP contribution in [0.25, 0.3) is 0 Å². The molecule has 7 heteroatoms. The number of aromatic nitrogens is 3. The second-order valence-electron chi connectivity index (χ2n) is 6.33. The van der Waals surface area contributed by atoms with Crippen LogP contribution in [0.4, 0.5) is 0 Å². The van der Waals surface area contributed by atoms with Gasteiger partial charge in [-0.1, -0.05) is 5.16 Å². The van der Waals surface area contributed by atoms with Crippen molar-refractivity contribution in [2.45, 2.75) is 52.2 Å². The lowest BCUT2D eigenvalue weighted by Crippen LogP contribution is -2.32. The molecule has 1 atom stereocenters. The first kappa shape index (κ1) is 16.6. The normalized spacial score (nSPS) is 20.8. The van der Waals surface area contributed by atoms with Gasteiger partial charge in [0.1, 0.15) is 16.9 Å². The van der Waals surface area contributed by atoms with Crippen molar-refractivity contribution in [3.63, 3.8) is 0 Å². The molecule has 0 bridgehead atoms. The average molecular weight is 330 g/mol. The molecule has 1 fully saturated rings. The highest BCUT2D eigenvalue weighted by Gasteiger charge is 2.32. The summed E-state index contributed by atoms with van der Waals surface area (Å²) in [5, 5.41) is 6.63. The maximum absolute atomic E-state index is 12.2. The quantitative estimate of drug-likeness (QED) is 0.926. The van der Waals surface area contributed by atoms with E-state index < -0.39 is 5.60 Å². The lowest BCUT2D eigenvalue weighted by Gasteiger charge is -2.32. The van der Waals surface area contributed by atoms with Gasteiger partial charge in [-0.3, -0.25) is 4.79 Å². The van der Waals surface area contributed by atoms with E-state index >= 15 is 0 Å². The summed E-state index contributed by atoms with van der Waals surface area (Å²) in [6, 6.07) is 0. The van der Waals surface area contributed by atoms with E-state index in [-0.39, 0.29) is 5.91 Å². The molecule has 3 heterocycles. The molecule has 0 unspecified atom stereocenters. The van der Waals surface area contributed by atoms with Gasteiger partial charge in [0.05, 0.1) is 5.69 Å². The summed E-state index contributed by atoms with van der Waals surface area (Å²) in [5.41, 5.74) is 1.49. The molecule has 3 rings (SSSR count). The van der Waals surface area contributed by atoms with Gasteiger partial charge in [0.2, 0.25) is 0 Å². The Balaban J connectivity index is 1.63. The number of nitrogens with one attached hydrogen (secondary N) is 1. The molecule has 128 valence electrons. The van der Waals surface area contributed by atoms with Crippen LogP contribution in [0.1, 0.15) is 59.4 Å². The lowest BCUT2D eigenvalue weighted by atomic mass is 9.95. The number of nitrogens with zero attached hydrogens (tertiary/aromatic N) is 3. The average Bonchev–Trinajstić information content (AvgIpc) is 2.92. The monoisotopic (exact) mass is 330 g/mol. The third kappa shape index (κ3) is 3.31. The summed E-state index contributed by atoms with van der Waals surface area (Å²) < 4.78 is 10.9. The van der Waals surface area contributed by atoms with Gasteiger partial charge in [0, 0.05) is 31.1 Å². The van der Waals surface area contributed by atoms with E-state index in [0.717, 1.165) is 31.4 Å². The molecule has 24 heavy (non-hydrogen) atoms. The molecule has 2 aromatic rings. The maximum Gasteiger partial charge on any atom is 0.257 e. The fraction of sp³-hybridized carbons (Fsp3) is 0.529. The lowest BCUT2D eigenvalue weighted by molar-refractivity contribution is -0.0760. The van der Waals surface area contributed by atoms with Crippen molar-refractivity contribution in [2.75, 3.05) is 6.61 Å². The molecular weight excluding hydrogens is 308 g/mol. The van der Waals surface area contributed by atoms with Crippen molar-refractivity contribution in [1.82, 2.24) is 20.4 Å². The Morgan fingerprint density at radius 1 is 1.29 bits per heavy atom. The van der Waals surface area contributed by atoms with Gasteiger partial charge in [-0.15, -0.1) is 0 Å². The van der Waals surface area contributed by atoms with Crippen LogP contribution in [-0.2, 0) is 16.9 Å². The molecule has 2 aromatic heterocycles. The molecule has 1 saturated heterocycles. The van der Waals surface area contributed by atoms with Crippen LogP contribution in [0, 0.1) is 13.8 Å². The van der Waals surface area contributed by atoms with Gasteiger partial charge in [-0.05, 0) is 40.0 Å². The molecular formula is C17H22N4O3. The second-order valence-corrected chi connectivity index (χ2v) is 6.33. The van der Waals surface area contributed by atoms with E-state index in [1.807, 2.05) is 6.92 Å². The third-order valence-corrected chi connectivity index (χ3v) is 4.36.